The molecule has 0 radical (unpaired) electrons. The number of H-pyrrole nitrogens is 2. The zero-order valence-corrected chi connectivity index (χ0v) is 22.8. The molecule has 8 nitrogen and oxygen atoms in total. The molecule has 0 saturated heterocycles. The van der Waals surface area contributed by atoms with Crippen LogP contribution in [0.5, 0.6) is 0 Å². The van der Waals surface area contributed by atoms with Gasteiger partial charge in [-0.05, 0) is 54.7 Å². The SMILES string of the molecule is c1ccc(CCCN(c2cccc(-c3cn[nH]n3)c2)N(CCc2ccccc2)c2cccc(-c3cn[nH]n3)c2)cc1. The molecule has 2 N–H and O–H groups in total. The molecule has 0 aliphatic heterocycles. The van der Waals surface area contributed by atoms with Crippen molar-refractivity contribution in [1.82, 2.24) is 30.8 Å². The molecule has 6 rings (SSSR count). The van der Waals surface area contributed by atoms with E-state index in [1.54, 1.807) is 12.4 Å². The first-order chi connectivity index (χ1) is 20.3. The number of aromatic nitrogens is 6. The maximum absolute atomic E-state index is 4.32. The third-order valence-corrected chi connectivity index (χ3v) is 7.13. The molecule has 0 amide bonds. The average Bonchev–Trinajstić information content (AvgIpc) is 3.77. The van der Waals surface area contributed by atoms with Crippen LogP contribution in [0.15, 0.2) is 122 Å². The van der Waals surface area contributed by atoms with E-state index in [-0.39, 0.29) is 0 Å². The minimum atomic E-state index is 0.797. The van der Waals surface area contributed by atoms with E-state index in [0.29, 0.717) is 0 Å². The Balaban J connectivity index is 1.38. The van der Waals surface area contributed by atoms with Gasteiger partial charge in [-0.25, -0.2) is 0 Å². The van der Waals surface area contributed by atoms with Crippen LogP contribution in [-0.4, -0.2) is 43.9 Å². The largest absolute Gasteiger partial charge is 0.285 e. The van der Waals surface area contributed by atoms with Crippen LogP contribution in [0, 0.1) is 0 Å². The van der Waals surface area contributed by atoms with Gasteiger partial charge >= 0.3 is 0 Å². The molecule has 2 heterocycles. The molecule has 8 heteroatoms. The number of aromatic amines is 2. The molecule has 6 aromatic rings. The number of rotatable bonds is 12. The summed E-state index contributed by atoms with van der Waals surface area (Å²) < 4.78 is 0. The van der Waals surface area contributed by atoms with E-state index in [1.165, 1.54) is 11.1 Å². The zero-order valence-electron chi connectivity index (χ0n) is 22.8. The van der Waals surface area contributed by atoms with Gasteiger partial charge in [0.05, 0.1) is 23.8 Å². The van der Waals surface area contributed by atoms with E-state index >= 15 is 0 Å². The van der Waals surface area contributed by atoms with Gasteiger partial charge in [0, 0.05) is 24.2 Å². The summed E-state index contributed by atoms with van der Waals surface area (Å²) in [6, 6.07) is 38.4. The first-order valence-electron chi connectivity index (χ1n) is 13.9. The summed E-state index contributed by atoms with van der Waals surface area (Å²) in [5.74, 6) is 0. The monoisotopic (exact) mass is 540 g/mol. The summed E-state index contributed by atoms with van der Waals surface area (Å²) in [7, 11) is 0. The number of nitrogens with one attached hydrogen (secondary N) is 2. The van der Waals surface area contributed by atoms with Gasteiger partial charge in [0.1, 0.15) is 11.4 Å². The Hall–Kier alpha value is -5.24. The summed E-state index contributed by atoms with van der Waals surface area (Å²) in [4.78, 5) is 0. The van der Waals surface area contributed by atoms with Crippen LogP contribution in [0.1, 0.15) is 17.5 Å². The summed E-state index contributed by atoms with van der Waals surface area (Å²) in [6.45, 7) is 1.63. The summed E-state index contributed by atoms with van der Waals surface area (Å²) >= 11 is 0. The number of anilines is 2. The summed E-state index contributed by atoms with van der Waals surface area (Å²) in [6.07, 6.45) is 6.39. The normalized spacial score (nSPS) is 10.9. The van der Waals surface area contributed by atoms with Crippen molar-refractivity contribution >= 4 is 11.4 Å². The lowest BCUT2D eigenvalue weighted by Gasteiger charge is -2.39. The van der Waals surface area contributed by atoms with Gasteiger partial charge in [0.25, 0.3) is 0 Å². The maximum Gasteiger partial charge on any atom is 0.112 e. The fraction of sp³-hybridized carbons (Fsp3) is 0.152. The van der Waals surface area contributed by atoms with E-state index in [4.69, 9.17) is 0 Å². The van der Waals surface area contributed by atoms with E-state index in [2.05, 4.69) is 150 Å². The molecule has 41 heavy (non-hydrogen) atoms. The van der Waals surface area contributed by atoms with Crippen molar-refractivity contribution in [1.29, 1.82) is 0 Å². The Kier molecular flexibility index (Phi) is 8.08. The first kappa shape index (κ1) is 26.0. The van der Waals surface area contributed by atoms with Gasteiger partial charge in [-0.1, -0.05) is 84.9 Å². The highest BCUT2D eigenvalue weighted by atomic mass is 15.6. The molecule has 0 aliphatic rings. The molecule has 0 unspecified atom stereocenters. The fourth-order valence-corrected chi connectivity index (χ4v) is 5.07. The lowest BCUT2D eigenvalue weighted by atomic mass is 10.1. The van der Waals surface area contributed by atoms with Gasteiger partial charge in [-0.2, -0.15) is 30.8 Å². The quantitative estimate of drug-likeness (QED) is 0.176. The Morgan fingerprint density at radius 2 is 1.02 bits per heavy atom. The highest BCUT2D eigenvalue weighted by Crippen LogP contribution is 2.30. The highest BCUT2D eigenvalue weighted by molar-refractivity contribution is 5.70. The van der Waals surface area contributed by atoms with Crippen LogP contribution >= 0.6 is 0 Å². The third-order valence-electron chi connectivity index (χ3n) is 7.13. The second-order valence-electron chi connectivity index (χ2n) is 9.88. The standard InChI is InChI=1S/C33H32N8/c1-3-10-26(11-4-1)14-9-20-40(30-17-7-15-28(22-30)32-24-34-38-36-32)41(21-19-27-12-5-2-6-13-27)31-18-8-16-29(23-31)33-25-35-39-37-33/h1-8,10-13,15-18,22-25H,9,14,19-21H2,(H,34,36,38)(H,35,37,39). The van der Waals surface area contributed by atoms with Gasteiger partial charge in [-0.15, -0.1) is 0 Å². The number of hydrazine groups is 1. The summed E-state index contributed by atoms with van der Waals surface area (Å²) in [5.41, 5.74) is 8.49. The molecular weight excluding hydrogens is 508 g/mol. The lowest BCUT2D eigenvalue weighted by molar-refractivity contribution is 0.672. The highest BCUT2D eigenvalue weighted by Gasteiger charge is 2.19. The van der Waals surface area contributed by atoms with Crippen molar-refractivity contribution in [3.63, 3.8) is 0 Å². The van der Waals surface area contributed by atoms with Crippen molar-refractivity contribution in [2.75, 3.05) is 23.1 Å². The van der Waals surface area contributed by atoms with Gasteiger partial charge in [-0.3, -0.25) is 10.0 Å². The molecule has 204 valence electrons. The Morgan fingerprint density at radius 3 is 1.54 bits per heavy atom. The van der Waals surface area contributed by atoms with Crippen LogP contribution in [0.3, 0.4) is 0 Å². The average molecular weight is 541 g/mol. The molecule has 0 saturated carbocycles. The molecule has 0 fully saturated rings. The molecule has 0 aliphatic carbocycles. The van der Waals surface area contributed by atoms with Crippen molar-refractivity contribution in [3.8, 4) is 22.5 Å². The van der Waals surface area contributed by atoms with E-state index in [1.807, 2.05) is 0 Å². The van der Waals surface area contributed by atoms with Crippen molar-refractivity contribution in [2.24, 2.45) is 0 Å². The fourth-order valence-electron chi connectivity index (χ4n) is 5.07. The molecular formula is C33H32N8. The number of aryl methyl sites for hydroxylation is 1. The topological polar surface area (TPSA) is 89.6 Å². The molecule has 0 atom stereocenters. The van der Waals surface area contributed by atoms with E-state index in [9.17, 15) is 0 Å². The third kappa shape index (κ3) is 6.50. The van der Waals surface area contributed by atoms with Crippen LogP contribution in [0.4, 0.5) is 11.4 Å². The summed E-state index contributed by atoms with van der Waals surface area (Å²) in [5, 5.41) is 27.0. The number of benzene rings is 4. The lowest BCUT2D eigenvalue weighted by Crippen LogP contribution is -2.45. The smallest absolute Gasteiger partial charge is 0.112 e. The second-order valence-corrected chi connectivity index (χ2v) is 9.88. The number of nitrogens with zero attached hydrogens (tertiary/aromatic N) is 6. The molecule has 0 bridgehead atoms. The van der Waals surface area contributed by atoms with Crippen LogP contribution < -0.4 is 10.0 Å². The van der Waals surface area contributed by atoms with Crippen LogP contribution in [0.2, 0.25) is 0 Å². The van der Waals surface area contributed by atoms with E-state index in [0.717, 1.165) is 66.2 Å². The van der Waals surface area contributed by atoms with Gasteiger partial charge < -0.3 is 0 Å². The predicted molar refractivity (Wildman–Crippen MR) is 163 cm³/mol. The Morgan fingerprint density at radius 1 is 0.512 bits per heavy atom. The van der Waals surface area contributed by atoms with Crippen LogP contribution in [-0.2, 0) is 12.8 Å². The number of hydrogen-bond donors (Lipinski definition) is 2. The Labute approximate surface area is 239 Å². The van der Waals surface area contributed by atoms with Gasteiger partial charge in [0.15, 0.2) is 0 Å². The first-order valence-corrected chi connectivity index (χ1v) is 13.9. The van der Waals surface area contributed by atoms with Crippen molar-refractivity contribution in [2.45, 2.75) is 19.3 Å². The molecule has 0 spiro atoms. The second kappa shape index (κ2) is 12.7. The van der Waals surface area contributed by atoms with Gasteiger partial charge in [0.2, 0.25) is 0 Å². The number of hydrogen-bond acceptors (Lipinski definition) is 6. The minimum absolute atomic E-state index is 0.797. The molecule has 2 aromatic heterocycles. The van der Waals surface area contributed by atoms with E-state index < -0.39 is 0 Å². The Bertz CT molecular complexity index is 1620. The van der Waals surface area contributed by atoms with Crippen LogP contribution in [0.25, 0.3) is 22.5 Å². The zero-order chi connectivity index (χ0) is 27.7. The van der Waals surface area contributed by atoms with Crippen molar-refractivity contribution in [3.05, 3.63) is 133 Å². The van der Waals surface area contributed by atoms with Crippen molar-refractivity contribution < 1.29 is 0 Å². The maximum atomic E-state index is 4.32. The minimum Gasteiger partial charge on any atom is -0.285 e. The predicted octanol–water partition coefficient (Wildman–Crippen LogP) is 6.36. The molecule has 4 aromatic carbocycles.